The third-order valence-corrected chi connectivity index (χ3v) is 6.44. The maximum Gasteiger partial charge on any atom is 0.228 e. The number of thiophene rings is 1. The van der Waals surface area contributed by atoms with Gasteiger partial charge in [0.25, 0.3) is 0 Å². The second-order valence-corrected chi connectivity index (χ2v) is 9.80. The van der Waals surface area contributed by atoms with Crippen molar-refractivity contribution in [3.05, 3.63) is 53.0 Å². The third kappa shape index (κ3) is 2.56. The van der Waals surface area contributed by atoms with Crippen molar-refractivity contribution in [3.8, 4) is 22.8 Å². The van der Waals surface area contributed by atoms with Crippen LogP contribution in [0.3, 0.4) is 0 Å². The van der Waals surface area contributed by atoms with Crippen molar-refractivity contribution < 1.29 is 9.30 Å². The van der Waals surface area contributed by atoms with E-state index in [0.717, 1.165) is 17.9 Å². The summed E-state index contributed by atoms with van der Waals surface area (Å²) in [5, 5.41) is 5.92. The summed E-state index contributed by atoms with van der Waals surface area (Å²) in [5.74, 6) is 1.96. The number of aryl methyl sites for hydroxylation is 2. The summed E-state index contributed by atoms with van der Waals surface area (Å²) in [6, 6.07) is 11.2. The number of pyridine rings is 1. The lowest BCUT2D eigenvalue weighted by atomic mass is 9.86. The highest BCUT2D eigenvalue weighted by atomic mass is 32.1. The molecular formula is C24H24NOS+. The van der Waals surface area contributed by atoms with Crippen molar-refractivity contribution in [1.82, 2.24) is 0 Å². The molecule has 1 aliphatic heterocycles. The molecule has 0 unspecified atom stereocenters. The van der Waals surface area contributed by atoms with Gasteiger partial charge in [-0.1, -0.05) is 26.8 Å². The van der Waals surface area contributed by atoms with E-state index >= 15 is 0 Å². The van der Waals surface area contributed by atoms with E-state index in [1.807, 2.05) is 11.3 Å². The second kappa shape index (κ2) is 5.56. The molecule has 2 aromatic carbocycles. The van der Waals surface area contributed by atoms with Crippen molar-refractivity contribution in [2.24, 2.45) is 12.5 Å². The van der Waals surface area contributed by atoms with Gasteiger partial charge < -0.3 is 4.74 Å². The molecule has 0 aliphatic carbocycles. The Hall–Kier alpha value is -2.39. The quantitative estimate of drug-likeness (QED) is 0.303. The van der Waals surface area contributed by atoms with Gasteiger partial charge in [0, 0.05) is 10.8 Å². The van der Waals surface area contributed by atoms with Crippen LogP contribution in [0.5, 0.6) is 11.5 Å². The Labute approximate surface area is 164 Å². The van der Waals surface area contributed by atoms with Gasteiger partial charge in [0.2, 0.25) is 5.69 Å². The molecule has 136 valence electrons. The Morgan fingerprint density at radius 3 is 2.63 bits per heavy atom. The van der Waals surface area contributed by atoms with Crippen LogP contribution in [0.2, 0.25) is 0 Å². The van der Waals surface area contributed by atoms with Crippen molar-refractivity contribution in [1.29, 1.82) is 0 Å². The lowest BCUT2D eigenvalue weighted by Crippen LogP contribution is -2.31. The van der Waals surface area contributed by atoms with Crippen molar-refractivity contribution in [2.45, 2.75) is 34.1 Å². The minimum Gasteiger partial charge on any atom is -0.456 e. The number of aromatic nitrogens is 1. The van der Waals surface area contributed by atoms with Crippen molar-refractivity contribution in [3.63, 3.8) is 0 Å². The molecule has 0 bridgehead atoms. The fourth-order valence-electron chi connectivity index (χ4n) is 4.36. The fourth-order valence-corrected chi connectivity index (χ4v) is 5.26. The smallest absolute Gasteiger partial charge is 0.228 e. The summed E-state index contributed by atoms with van der Waals surface area (Å²) in [6.07, 6.45) is 3.21. The summed E-state index contributed by atoms with van der Waals surface area (Å²) >= 11 is 1.81. The molecule has 27 heavy (non-hydrogen) atoms. The van der Waals surface area contributed by atoms with Gasteiger partial charge in [-0.25, -0.2) is 4.57 Å². The molecule has 3 heterocycles. The van der Waals surface area contributed by atoms with Crippen LogP contribution in [0.4, 0.5) is 0 Å². The third-order valence-electron chi connectivity index (χ3n) is 5.40. The van der Waals surface area contributed by atoms with Crippen LogP contribution in [0.15, 0.2) is 41.9 Å². The number of nitrogens with zero attached hydrogens (tertiary/aromatic N) is 1. The molecule has 4 aromatic rings. The standard InChI is InChI=1S/C24H24NOS/c1-14-20-19(12-17-7-9-27-23(14)17)26-18-11-15(13-24(2,3)4)10-16-6-8-25(5)22(20)21(16)18/h6-12H,13H2,1-5H3/q+1. The molecule has 1 aliphatic rings. The topological polar surface area (TPSA) is 13.1 Å². The van der Waals surface area contributed by atoms with E-state index in [9.17, 15) is 0 Å². The van der Waals surface area contributed by atoms with Gasteiger partial charge in [-0.2, -0.15) is 0 Å². The second-order valence-electron chi connectivity index (χ2n) is 8.89. The predicted octanol–water partition coefficient (Wildman–Crippen LogP) is 6.55. The zero-order valence-electron chi connectivity index (χ0n) is 16.5. The number of fused-ring (bicyclic) bond motifs is 3. The highest BCUT2D eigenvalue weighted by molar-refractivity contribution is 7.17. The number of benzene rings is 2. The van der Waals surface area contributed by atoms with Crippen LogP contribution in [0.1, 0.15) is 31.9 Å². The Morgan fingerprint density at radius 2 is 1.85 bits per heavy atom. The molecule has 2 aromatic heterocycles. The normalized spacial score (nSPS) is 13.1. The largest absolute Gasteiger partial charge is 0.456 e. The number of hydrogen-bond acceptors (Lipinski definition) is 2. The van der Waals surface area contributed by atoms with Gasteiger partial charge in [-0.15, -0.1) is 11.3 Å². The number of ether oxygens (including phenoxy) is 1. The van der Waals surface area contributed by atoms with Crippen LogP contribution in [0.25, 0.3) is 32.1 Å². The van der Waals surface area contributed by atoms with Gasteiger partial charge in [0.05, 0.1) is 10.9 Å². The SMILES string of the molecule is Cc1c2c(cc3ccsc13)Oc1cc(CC(C)(C)C)cc3cc[n+](C)c-2c13. The van der Waals surface area contributed by atoms with Crippen LogP contribution in [0, 0.1) is 12.3 Å². The lowest BCUT2D eigenvalue weighted by Gasteiger charge is -2.23. The molecule has 0 amide bonds. The van der Waals surface area contributed by atoms with E-state index in [-0.39, 0.29) is 5.41 Å². The Balaban J connectivity index is 1.85. The van der Waals surface area contributed by atoms with Gasteiger partial charge in [-0.3, -0.25) is 0 Å². The average molecular weight is 375 g/mol. The minimum atomic E-state index is 0.245. The van der Waals surface area contributed by atoms with E-state index in [4.69, 9.17) is 4.74 Å². The first kappa shape index (κ1) is 16.8. The molecule has 0 radical (unpaired) electrons. The molecule has 0 spiro atoms. The Morgan fingerprint density at radius 1 is 1.04 bits per heavy atom. The van der Waals surface area contributed by atoms with E-state index in [2.05, 4.69) is 81.2 Å². The summed E-state index contributed by atoms with van der Waals surface area (Å²) in [5.41, 5.74) is 5.38. The molecule has 0 fully saturated rings. The first-order valence-corrected chi connectivity index (χ1v) is 10.3. The molecule has 5 rings (SSSR count). The molecule has 3 heteroatoms. The van der Waals surface area contributed by atoms with E-state index < -0.39 is 0 Å². The molecule has 0 N–H and O–H groups in total. The first-order chi connectivity index (χ1) is 12.8. The Kier molecular flexibility index (Phi) is 3.45. The first-order valence-electron chi connectivity index (χ1n) is 9.46. The molecule has 0 atom stereocenters. The van der Waals surface area contributed by atoms with Crippen LogP contribution in [-0.2, 0) is 13.5 Å². The highest BCUT2D eigenvalue weighted by Crippen LogP contribution is 2.49. The van der Waals surface area contributed by atoms with Crippen LogP contribution in [-0.4, -0.2) is 0 Å². The minimum absolute atomic E-state index is 0.245. The maximum atomic E-state index is 6.51. The molecule has 0 saturated carbocycles. The zero-order chi connectivity index (χ0) is 18.9. The summed E-state index contributed by atoms with van der Waals surface area (Å²) < 4.78 is 10.1. The van der Waals surface area contributed by atoms with E-state index in [1.54, 1.807) is 0 Å². The number of hydrogen-bond donors (Lipinski definition) is 0. The lowest BCUT2D eigenvalue weighted by molar-refractivity contribution is -0.659. The van der Waals surface area contributed by atoms with Crippen LogP contribution < -0.4 is 9.30 Å². The molecule has 0 saturated heterocycles. The van der Waals surface area contributed by atoms with Gasteiger partial charge in [-0.05, 0) is 64.2 Å². The van der Waals surface area contributed by atoms with Gasteiger partial charge in [0.15, 0.2) is 6.20 Å². The highest BCUT2D eigenvalue weighted by Gasteiger charge is 2.31. The van der Waals surface area contributed by atoms with Crippen LogP contribution >= 0.6 is 11.3 Å². The summed E-state index contributed by atoms with van der Waals surface area (Å²) in [7, 11) is 2.13. The van der Waals surface area contributed by atoms with Crippen molar-refractivity contribution >= 4 is 32.2 Å². The average Bonchev–Trinajstić information content (AvgIpc) is 3.04. The van der Waals surface area contributed by atoms with Gasteiger partial charge in [0.1, 0.15) is 18.5 Å². The fraction of sp³-hybridized carbons (Fsp3) is 0.292. The predicted molar refractivity (Wildman–Crippen MR) is 114 cm³/mol. The zero-order valence-corrected chi connectivity index (χ0v) is 17.3. The summed E-state index contributed by atoms with van der Waals surface area (Å²) in [4.78, 5) is 0. The summed E-state index contributed by atoms with van der Waals surface area (Å²) in [6.45, 7) is 9.07. The van der Waals surface area contributed by atoms with Crippen molar-refractivity contribution in [2.75, 3.05) is 0 Å². The molecule has 2 nitrogen and oxygen atoms in total. The monoisotopic (exact) mass is 374 g/mol. The maximum absolute atomic E-state index is 6.51. The number of rotatable bonds is 1. The van der Waals surface area contributed by atoms with E-state index in [0.29, 0.717) is 0 Å². The van der Waals surface area contributed by atoms with E-state index in [1.165, 1.54) is 43.2 Å². The Bertz CT molecular complexity index is 1230. The van der Waals surface area contributed by atoms with Gasteiger partial charge >= 0.3 is 0 Å². The molecular weight excluding hydrogens is 350 g/mol.